The highest BCUT2D eigenvalue weighted by Crippen LogP contribution is 2.44. The zero-order chi connectivity index (χ0) is 19.2. The van der Waals surface area contributed by atoms with Crippen LogP contribution in [0.4, 0.5) is 34.9 Å². The van der Waals surface area contributed by atoms with E-state index in [1.807, 2.05) is 0 Å². The molecule has 0 aromatic heterocycles. The van der Waals surface area contributed by atoms with Crippen LogP contribution in [0.5, 0.6) is 0 Å². The van der Waals surface area contributed by atoms with E-state index in [4.69, 9.17) is 4.74 Å². The lowest BCUT2D eigenvalue weighted by molar-refractivity contribution is -0.935. The van der Waals surface area contributed by atoms with Gasteiger partial charge in [-0.3, -0.25) is 0 Å². The van der Waals surface area contributed by atoms with Crippen molar-refractivity contribution in [2.45, 2.75) is 58.1 Å². The summed E-state index contributed by atoms with van der Waals surface area (Å²) in [5.74, 6) is -6.56. The third-order valence-corrected chi connectivity index (χ3v) is 3.68. The maximum Gasteiger partial charge on any atom is 0.558 e. The Morgan fingerprint density at radius 1 is 1.00 bits per heavy atom. The summed E-state index contributed by atoms with van der Waals surface area (Å²) in [6.07, 6.45) is -2.11. The Labute approximate surface area is 136 Å². The number of hydrogen-bond acceptors (Lipinski definition) is 1. The first kappa shape index (κ1) is 23.4. The molecular weight excluding hydrogens is 349 g/mol. The van der Waals surface area contributed by atoms with Crippen molar-refractivity contribution in [3.63, 3.8) is 0 Å². The number of ether oxygens (including phenoxy) is 1. The van der Waals surface area contributed by atoms with Crippen molar-refractivity contribution in [1.29, 1.82) is 0 Å². The third kappa shape index (κ3) is 6.74. The van der Waals surface area contributed by atoms with Gasteiger partial charge in [0.15, 0.2) is 6.73 Å². The predicted octanol–water partition coefficient (Wildman–Crippen LogP) is 4.96. The van der Waals surface area contributed by atoms with Crippen molar-refractivity contribution in [1.82, 2.24) is 0 Å². The number of rotatable bonds is 6. The van der Waals surface area contributed by atoms with Crippen LogP contribution in [-0.4, -0.2) is 55.9 Å². The number of nitrogens with zero attached hydrogens (tertiary/aromatic N) is 1. The van der Waals surface area contributed by atoms with Gasteiger partial charge in [0.2, 0.25) is 0 Å². The molecule has 1 aliphatic rings. The van der Waals surface area contributed by atoms with Crippen LogP contribution < -0.4 is 0 Å². The summed E-state index contributed by atoms with van der Waals surface area (Å²) in [4.78, 5) is 0. The van der Waals surface area contributed by atoms with Gasteiger partial charge in [-0.25, -0.2) is 8.78 Å². The molecule has 1 saturated heterocycles. The summed E-state index contributed by atoms with van der Waals surface area (Å²) in [7, 11) is 0. The van der Waals surface area contributed by atoms with Crippen LogP contribution in [0, 0.1) is 0 Å². The average molecular weight is 373 g/mol. The molecule has 0 atom stereocenters. The van der Waals surface area contributed by atoms with Crippen LogP contribution in [0.25, 0.3) is 0 Å². The number of likely N-dealkylation sites (tertiary alicyclic amines) is 1. The van der Waals surface area contributed by atoms with Crippen LogP contribution in [0.3, 0.4) is 0 Å². The molecule has 1 rings (SSSR count). The van der Waals surface area contributed by atoms with Crippen LogP contribution in [0.15, 0.2) is 0 Å². The maximum absolute atomic E-state index is 11.2. The van der Waals surface area contributed by atoms with Crippen molar-refractivity contribution in [2.24, 2.45) is 0 Å². The molecule has 0 unspecified atom stereocenters. The highest BCUT2D eigenvalue weighted by molar-refractivity contribution is 6.61. The van der Waals surface area contributed by atoms with Gasteiger partial charge in [0.25, 0.3) is 0 Å². The number of hydrogen-bond donors (Lipinski definition) is 0. The Balaban J connectivity index is 0.000000449. The second kappa shape index (κ2) is 8.69. The highest BCUT2D eigenvalue weighted by Gasteiger charge is 2.69. The summed E-state index contributed by atoms with van der Waals surface area (Å²) >= 11 is 0. The van der Waals surface area contributed by atoms with Gasteiger partial charge < -0.3 is 22.2 Å². The SMILES string of the molecule is CCC[N+]1(COC(C)C)CCCC1.F[B-](F)(F)C(F)(F)C(F)(F)F. The minimum Gasteiger partial charge on any atom is -0.445 e. The largest absolute Gasteiger partial charge is 0.558 e. The van der Waals surface area contributed by atoms with E-state index in [0.29, 0.717) is 6.10 Å². The zero-order valence-electron chi connectivity index (χ0n) is 14.0. The molecule has 11 heteroatoms. The van der Waals surface area contributed by atoms with E-state index in [0.717, 1.165) is 6.73 Å². The maximum atomic E-state index is 11.2. The molecule has 0 spiro atoms. The van der Waals surface area contributed by atoms with Crippen LogP contribution in [0.1, 0.15) is 40.0 Å². The van der Waals surface area contributed by atoms with Crippen molar-refractivity contribution in [2.75, 3.05) is 26.4 Å². The lowest BCUT2D eigenvalue weighted by Gasteiger charge is -2.34. The minimum absolute atomic E-state index is 0.382. The van der Waals surface area contributed by atoms with Crippen molar-refractivity contribution >= 4 is 6.98 Å². The number of alkyl halides is 5. The molecule has 0 radical (unpaired) electrons. The van der Waals surface area contributed by atoms with E-state index in [1.54, 1.807) is 0 Å². The second-order valence-electron chi connectivity index (χ2n) is 6.26. The molecule has 1 aliphatic heterocycles. The monoisotopic (exact) mass is 373 g/mol. The van der Waals surface area contributed by atoms with E-state index < -0.39 is 19.0 Å². The molecule has 0 aromatic rings. The molecule has 0 N–H and O–H groups in total. The Morgan fingerprint density at radius 2 is 1.46 bits per heavy atom. The molecule has 0 bridgehead atoms. The van der Waals surface area contributed by atoms with Gasteiger partial charge in [0, 0.05) is 12.8 Å². The lowest BCUT2D eigenvalue weighted by Crippen LogP contribution is -2.53. The van der Waals surface area contributed by atoms with Crippen LogP contribution >= 0.6 is 0 Å². The normalized spacial score (nSPS) is 18.5. The summed E-state index contributed by atoms with van der Waals surface area (Å²) < 4.78 is 94.8. The van der Waals surface area contributed by atoms with Crippen molar-refractivity contribution < 1.29 is 44.1 Å². The number of halogens is 8. The molecule has 146 valence electrons. The summed E-state index contributed by atoms with van der Waals surface area (Å²) in [6.45, 7) is 4.21. The van der Waals surface area contributed by atoms with Gasteiger partial charge in [-0.2, -0.15) is 13.2 Å². The fourth-order valence-corrected chi connectivity index (χ4v) is 2.39. The minimum atomic E-state index is -7.21. The highest BCUT2D eigenvalue weighted by atomic mass is 19.4. The van der Waals surface area contributed by atoms with Gasteiger partial charge in [-0.15, -0.1) is 0 Å². The van der Waals surface area contributed by atoms with E-state index in [2.05, 4.69) is 20.8 Å². The first-order chi connectivity index (χ1) is 10.7. The predicted molar refractivity (Wildman–Crippen MR) is 75.6 cm³/mol. The molecule has 0 amide bonds. The van der Waals surface area contributed by atoms with Crippen LogP contribution in [0.2, 0.25) is 0 Å². The number of quaternary nitrogens is 1. The lowest BCUT2D eigenvalue weighted by atomic mass is 9.80. The molecule has 1 heterocycles. The van der Waals surface area contributed by atoms with Gasteiger partial charge >= 0.3 is 19.0 Å². The van der Waals surface area contributed by atoms with E-state index >= 15 is 0 Å². The Hall–Kier alpha value is -0.575. The molecule has 24 heavy (non-hydrogen) atoms. The molecule has 0 aromatic carbocycles. The summed E-state index contributed by atoms with van der Waals surface area (Å²) in [5, 5.41) is 0. The van der Waals surface area contributed by atoms with Crippen molar-refractivity contribution in [3.05, 3.63) is 0 Å². The molecule has 2 nitrogen and oxygen atoms in total. The fraction of sp³-hybridized carbons (Fsp3) is 1.00. The Morgan fingerprint density at radius 3 is 1.71 bits per heavy atom. The van der Waals surface area contributed by atoms with Gasteiger partial charge in [0.05, 0.1) is 25.7 Å². The molecule has 0 aliphatic carbocycles. The average Bonchev–Trinajstić information content (AvgIpc) is 2.84. The standard InChI is InChI=1S/C11H24NO.C2BF8/c1-4-7-12(8-5-6-9-12)10-13-11(2)3;4-1(5,2(6,7)8)3(9,10)11/h11H,4-10H2,1-3H3;/q+1;-1. The smallest absolute Gasteiger partial charge is 0.445 e. The first-order valence-electron chi connectivity index (χ1n) is 7.79. The summed E-state index contributed by atoms with van der Waals surface area (Å²) in [5.41, 5.74) is 0. The Bertz CT molecular complexity index is 348. The zero-order valence-corrected chi connectivity index (χ0v) is 14.0. The van der Waals surface area contributed by atoms with E-state index in [-0.39, 0.29) is 0 Å². The topological polar surface area (TPSA) is 9.23 Å². The quantitative estimate of drug-likeness (QED) is 0.363. The third-order valence-electron chi connectivity index (χ3n) is 3.68. The van der Waals surface area contributed by atoms with E-state index in [1.165, 1.54) is 43.4 Å². The Kier molecular flexibility index (Phi) is 8.48. The first-order valence-corrected chi connectivity index (χ1v) is 7.79. The van der Waals surface area contributed by atoms with Gasteiger partial charge in [0.1, 0.15) is 0 Å². The fourth-order valence-electron chi connectivity index (χ4n) is 2.39. The van der Waals surface area contributed by atoms with Gasteiger partial charge in [-0.05, 0) is 20.3 Å². The summed E-state index contributed by atoms with van der Waals surface area (Å²) in [6, 6.07) is 0. The molecular formula is C13H24BF8NO. The van der Waals surface area contributed by atoms with Crippen LogP contribution in [-0.2, 0) is 4.74 Å². The van der Waals surface area contributed by atoms with E-state index in [9.17, 15) is 34.9 Å². The molecule has 1 fully saturated rings. The van der Waals surface area contributed by atoms with Gasteiger partial charge in [-0.1, -0.05) is 6.92 Å². The second-order valence-corrected chi connectivity index (χ2v) is 6.26. The van der Waals surface area contributed by atoms with Crippen molar-refractivity contribution in [3.8, 4) is 0 Å². The molecule has 0 saturated carbocycles.